The van der Waals surface area contributed by atoms with Gasteiger partial charge in [-0.2, -0.15) is 0 Å². The van der Waals surface area contributed by atoms with Crippen molar-refractivity contribution in [2.75, 3.05) is 18.6 Å². The fraction of sp³-hybridized carbons (Fsp3) is 0.348. The molecule has 1 saturated carbocycles. The van der Waals surface area contributed by atoms with Gasteiger partial charge in [0.15, 0.2) is 6.61 Å². The van der Waals surface area contributed by atoms with Gasteiger partial charge in [0, 0.05) is 18.7 Å². The van der Waals surface area contributed by atoms with Crippen LogP contribution < -0.4 is 4.90 Å². The average Bonchev–Trinajstić information content (AvgIpc) is 3.21. The van der Waals surface area contributed by atoms with Crippen LogP contribution in [0.2, 0.25) is 0 Å². The van der Waals surface area contributed by atoms with Crippen molar-refractivity contribution in [1.29, 1.82) is 0 Å². The molecule has 150 valence electrons. The average molecular weight is 409 g/mol. The van der Waals surface area contributed by atoms with Crippen LogP contribution in [-0.2, 0) is 14.3 Å². The second kappa shape index (κ2) is 8.74. The first kappa shape index (κ1) is 19.6. The summed E-state index contributed by atoms with van der Waals surface area (Å²) in [6, 6.07) is 17.4. The van der Waals surface area contributed by atoms with Crippen molar-refractivity contribution in [3.8, 4) is 0 Å². The van der Waals surface area contributed by atoms with Crippen molar-refractivity contribution >= 4 is 39.1 Å². The third kappa shape index (κ3) is 4.32. The van der Waals surface area contributed by atoms with Gasteiger partial charge >= 0.3 is 5.97 Å². The third-order valence-corrected chi connectivity index (χ3v) is 6.72. The Kier molecular flexibility index (Phi) is 5.90. The van der Waals surface area contributed by atoms with Gasteiger partial charge in [-0.15, -0.1) is 11.3 Å². The van der Waals surface area contributed by atoms with E-state index in [9.17, 15) is 9.59 Å². The molecule has 1 aromatic heterocycles. The molecule has 1 amide bonds. The van der Waals surface area contributed by atoms with Crippen molar-refractivity contribution in [2.45, 2.75) is 31.6 Å². The van der Waals surface area contributed by atoms with Gasteiger partial charge in [-0.05, 0) is 37.1 Å². The molecule has 2 atom stereocenters. The highest BCUT2D eigenvalue weighted by molar-refractivity contribution is 7.18. The monoisotopic (exact) mass is 408 g/mol. The minimum absolute atomic E-state index is 0.0654. The summed E-state index contributed by atoms with van der Waals surface area (Å²) in [5.74, 6) is -0.699. The quantitative estimate of drug-likeness (QED) is 0.570. The lowest BCUT2D eigenvalue weighted by Crippen LogP contribution is -2.34. The van der Waals surface area contributed by atoms with Gasteiger partial charge in [-0.25, -0.2) is 4.98 Å². The molecule has 0 unspecified atom stereocenters. The lowest BCUT2D eigenvalue weighted by atomic mass is 9.79. The second-order valence-electron chi connectivity index (χ2n) is 7.41. The number of benzene rings is 2. The molecule has 2 aromatic carbocycles. The molecule has 1 aliphatic carbocycles. The number of rotatable bonds is 5. The summed E-state index contributed by atoms with van der Waals surface area (Å²) in [5.41, 5.74) is 1.75. The number of hydrogen-bond donors (Lipinski definition) is 0. The summed E-state index contributed by atoms with van der Waals surface area (Å²) < 4.78 is 6.60. The third-order valence-electron chi connectivity index (χ3n) is 5.55. The smallest absolute Gasteiger partial charge is 0.310 e. The van der Waals surface area contributed by atoms with Crippen molar-refractivity contribution < 1.29 is 14.3 Å². The molecule has 1 fully saturated rings. The number of aromatic nitrogens is 1. The number of carbonyl (C=O) groups excluding carboxylic acids is 2. The van der Waals surface area contributed by atoms with E-state index in [4.69, 9.17) is 9.72 Å². The summed E-state index contributed by atoms with van der Waals surface area (Å²) in [7, 11) is 1.69. The number of likely N-dealkylation sites (N-methyl/N-ethyl adjacent to an activating group) is 1. The molecule has 6 heteroatoms. The summed E-state index contributed by atoms with van der Waals surface area (Å²) in [6.45, 7) is -0.243. The predicted molar refractivity (Wildman–Crippen MR) is 115 cm³/mol. The van der Waals surface area contributed by atoms with E-state index in [2.05, 4.69) is 6.07 Å². The highest BCUT2D eigenvalue weighted by atomic mass is 32.1. The van der Waals surface area contributed by atoms with E-state index in [1.807, 2.05) is 48.5 Å². The first-order chi connectivity index (χ1) is 14.1. The van der Waals surface area contributed by atoms with E-state index in [0.717, 1.165) is 46.6 Å². The van der Waals surface area contributed by atoms with Gasteiger partial charge in [-0.3, -0.25) is 9.59 Å². The van der Waals surface area contributed by atoms with Crippen LogP contribution in [0.25, 0.3) is 10.2 Å². The Labute approximate surface area is 174 Å². The van der Waals surface area contributed by atoms with Crippen LogP contribution in [-0.4, -0.2) is 30.5 Å². The minimum Gasteiger partial charge on any atom is -0.455 e. The highest BCUT2D eigenvalue weighted by Crippen LogP contribution is 2.41. The van der Waals surface area contributed by atoms with Crippen LogP contribution in [0.15, 0.2) is 54.6 Å². The number of esters is 1. The normalized spacial score (nSPS) is 19.1. The molecule has 0 saturated heterocycles. The van der Waals surface area contributed by atoms with Gasteiger partial charge in [0.1, 0.15) is 0 Å². The molecule has 0 bridgehead atoms. The maximum Gasteiger partial charge on any atom is 0.310 e. The number of carbonyl (C=O) groups is 2. The standard InChI is InChI=1S/C23H24N2O3S/c1-25(16-9-3-2-4-10-16)21(26)15-28-23(27)18-12-6-5-11-17(18)22-24-19-13-7-8-14-20(19)29-22/h2-4,7-10,13-14,17-18H,5-6,11-12,15H2,1H3/t17-,18+/m1/s1. The number of amides is 1. The number of nitrogens with zero attached hydrogens (tertiary/aromatic N) is 2. The number of para-hydroxylation sites is 2. The predicted octanol–water partition coefficient (Wildman–Crippen LogP) is 4.78. The number of hydrogen-bond acceptors (Lipinski definition) is 5. The van der Waals surface area contributed by atoms with Crippen LogP contribution in [0.1, 0.15) is 36.6 Å². The maximum atomic E-state index is 12.8. The zero-order chi connectivity index (χ0) is 20.2. The first-order valence-electron chi connectivity index (χ1n) is 9.97. The Morgan fingerprint density at radius 2 is 1.79 bits per heavy atom. The largest absolute Gasteiger partial charge is 0.455 e. The van der Waals surface area contributed by atoms with Crippen LogP contribution in [0.5, 0.6) is 0 Å². The molecule has 0 radical (unpaired) electrons. The molecule has 0 aliphatic heterocycles. The molecule has 5 nitrogen and oxygen atoms in total. The minimum atomic E-state index is -0.288. The summed E-state index contributed by atoms with van der Waals surface area (Å²) in [4.78, 5) is 31.6. The molecule has 4 rings (SSSR count). The number of anilines is 1. The van der Waals surface area contributed by atoms with Crippen LogP contribution >= 0.6 is 11.3 Å². The van der Waals surface area contributed by atoms with E-state index >= 15 is 0 Å². The van der Waals surface area contributed by atoms with Gasteiger partial charge in [0.2, 0.25) is 0 Å². The Bertz CT molecular complexity index is 969. The Balaban J connectivity index is 1.43. The zero-order valence-corrected chi connectivity index (χ0v) is 17.2. The molecule has 29 heavy (non-hydrogen) atoms. The lowest BCUT2D eigenvalue weighted by Gasteiger charge is -2.28. The number of ether oxygens (including phenoxy) is 1. The molecule has 0 spiro atoms. The van der Waals surface area contributed by atoms with Crippen molar-refractivity contribution in [1.82, 2.24) is 4.98 Å². The molecule has 3 aromatic rings. The van der Waals surface area contributed by atoms with E-state index in [0.29, 0.717) is 0 Å². The maximum absolute atomic E-state index is 12.8. The Morgan fingerprint density at radius 1 is 1.07 bits per heavy atom. The number of fused-ring (bicyclic) bond motifs is 1. The van der Waals surface area contributed by atoms with Crippen LogP contribution in [0, 0.1) is 5.92 Å². The van der Waals surface area contributed by atoms with E-state index in [1.54, 1.807) is 18.4 Å². The first-order valence-corrected chi connectivity index (χ1v) is 10.8. The van der Waals surface area contributed by atoms with E-state index < -0.39 is 0 Å². The van der Waals surface area contributed by atoms with Crippen LogP contribution in [0.3, 0.4) is 0 Å². The van der Waals surface area contributed by atoms with Crippen LogP contribution in [0.4, 0.5) is 5.69 Å². The topological polar surface area (TPSA) is 59.5 Å². The van der Waals surface area contributed by atoms with Gasteiger partial charge in [-0.1, -0.05) is 43.2 Å². The zero-order valence-electron chi connectivity index (χ0n) is 16.4. The fourth-order valence-corrected chi connectivity index (χ4v) is 5.06. The number of thiazole rings is 1. The van der Waals surface area contributed by atoms with E-state index in [-0.39, 0.29) is 30.3 Å². The lowest BCUT2D eigenvalue weighted by molar-refractivity contribution is -0.153. The summed E-state index contributed by atoms with van der Waals surface area (Å²) in [6.07, 6.45) is 3.79. The second-order valence-corrected chi connectivity index (χ2v) is 8.48. The Hall–Kier alpha value is -2.73. The molecular formula is C23H24N2O3S. The van der Waals surface area contributed by atoms with E-state index in [1.165, 1.54) is 4.90 Å². The van der Waals surface area contributed by atoms with Crippen molar-refractivity contribution in [3.63, 3.8) is 0 Å². The van der Waals surface area contributed by atoms with Gasteiger partial charge in [0.05, 0.1) is 21.1 Å². The summed E-state index contributed by atoms with van der Waals surface area (Å²) in [5, 5.41) is 1.00. The molecule has 0 N–H and O–H groups in total. The van der Waals surface area contributed by atoms with Gasteiger partial charge in [0.25, 0.3) is 5.91 Å². The van der Waals surface area contributed by atoms with Crippen molar-refractivity contribution in [3.05, 3.63) is 59.6 Å². The highest BCUT2D eigenvalue weighted by Gasteiger charge is 2.35. The molecular weight excluding hydrogens is 384 g/mol. The summed E-state index contributed by atoms with van der Waals surface area (Å²) >= 11 is 1.66. The molecule has 1 aliphatic rings. The fourth-order valence-electron chi connectivity index (χ4n) is 3.89. The molecule has 1 heterocycles. The van der Waals surface area contributed by atoms with Crippen molar-refractivity contribution in [2.24, 2.45) is 5.92 Å². The van der Waals surface area contributed by atoms with Gasteiger partial charge < -0.3 is 9.64 Å². The SMILES string of the molecule is CN(C(=O)COC(=O)[C@H]1CCCC[C@H]1c1nc2ccccc2s1)c1ccccc1. The Morgan fingerprint density at radius 3 is 2.59 bits per heavy atom.